The number of fused-ring (bicyclic) bond motifs is 5. The monoisotopic (exact) mass is 747 g/mol. The molecule has 3 aliphatic rings. The van der Waals surface area contributed by atoms with Gasteiger partial charge in [0.05, 0.1) is 5.69 Å². The van der Waals surface area contributed by atoms with Gasteiger partial charge in [0.1, 0.15) is 5.84 Å². The molecule has 3 unspecified atom stereocenters. The van der Waals surface area contributed by atoms with E-state index in [1.165, 1.54) is 66.1 Å². The van der Waals surface area contributed by atoms with Crippen molar-refractivity contribution in [3.05, 3.63) is 220 Å². The molecule has 11 rings (SSSR count). The molecule has 280 valence electrons. The van der Waals surface area contributed by atoms with Crippen LogP contribution in [0.4, 0.5) is 0 Å². The summed E-state index contributed by atoms with van der Waals surface area (Å²) >= 11 is 0. The van der Waals surface area contributed by atoms with Gasteiger partial charge in [0.2, 0.25) is 0 Å². The van der Waals surface area contributed by atoms with Crippen LogP contribution in [0.5, 0.6) is 0 Å². The van der Waals surface area contributed by atoms with Gasteiger partial charge in [0.25, 0.3) is 0 Å². The molecule has 1 N–H and O–H groups in total. The Morgan fingerprint density at radius 2 is 1.36 bits per heavy atom. The first-order valence-corrected chi connectivity index (χ1v) is 20.7. The number of rotatable bonds is 6. The quantitative estimate of drug-likeness (QED) is 0.184. The van der Waals surface area contributed by atoms with E-state index in [2.05, 4.69) is 175 Å². The third kappa shape index (κ3) is 6.50. The lowest BCUT2D eigenvalue weighted by atomic mass is 9.78. The topological polar surface area (TPSA) is 51.4 Å². The number of amidine groups is 1. The summed E-state index contributed by atoms with van der Waals surface area (Å²) in [6.45, 7) is 0. The second-order valence-electron chi connectivity index (χ2n) is 16.0. The highest BCUT2D eigenvalue weighted by atomic mass is 15.3. The maximum Gasteiger partial charge on any atom is 0.126 e. The van der Waals surface area contributed by atoms with E-state index in [-0.39, 0.29) is 12.3 Å². The van der Waals surface area contributed by atoms with Crippen molar-refractivity contribution in [2.75, 3.05) is 0 Å². The van der Waals surface area contributed by atoms with Gasteiger partial charge in [0, 0.05) is 22.7 Å². The molecule has 0 radical (unpaired) electrons. The molecule has 7 aromatic carbocycles. The van der Waals surface area contributed by atoms with Crippen molar-refractivity contribution in [1.29, 1.82) is 0 Å². The highest BCUT2D eigenvalue weighted by Crippen LogP contribution is 2.44. The summed E-state index contributed by atoms with van der Waals surface area (Å²) in [5, 5.41) is 14.1. The van der Waals surface area contributed by atoms with Gasteiger partial charge in [-0.25, -0.2) is 0 Å². The lowest BCUT2D eigenvalue weighted by molar-refractivity contribution is 0.582. The van der Waals surface area contributed by atoms with Crippen molar-refractivity contribution in [3.8, 4) is 22.4 Å². The summed E-state index contributed by atoms with van der Waals surface area (Å²) in [5.41, 5.74) is 15.2. The molecule has 4 nitrogen and oxygen atoms in total. The number of benzene rings is 7. The van der Waals surface area contributed by atoms with Gasteiger partial charge in [-0.1, -0.05) is 152 Å². The number of aliphatic imine (C=N–C) groups is 1. The molecule has 2 aliphatic carbocycles. The van der Waals surface area contributed by atoms with E-state index in [1.54, 1.807) is 0 Å². The Balaban J connectivity index is 1.02. The summed E-state index contributed by atoms with van der Waals surface area (Å²) < 4.78 is 0. The first-order chi connectivity index (χ1) is 28.7. The maximum atomic E-state index is 5.43. The van der Waals surface area contributed by atoms with Crippen LogP contribution < -0.4 is 5.32 Å². The van der Waals surface area contributed by atoms with E-state index < -0.39 is 0 Å². The SMILES string of the molecule is C1=Cc2c(c(-c3cc(C4CCc5cc(-c6cc7ccccc7cn6)ccc5C4)cc(C4N=C(c5ccccc5)NC(c5ccccc5)[N-]4)c3)cc3ccccc23)CC1. The largest absolute Gasteiger partial charge is 0.613 e. The van der Waals surface area contributed by atoms with Crippen LogP contribution in [0.25, 0.3) is 55.3 Å². The Kier molecular flexibility index (Phi) is 8.78. The van der Waals surface area contributed by atoms with Crippen LogP contribution in [0.1, 0.15) is 75.6 Å². The number of aromatic nitrogens is 1. The zero-order chi connectivity index (χ0) is 38.4. The highest BCUT2D eigenvalue weighted by Gasteiger charge is 2.25. The second-order valence-corrected chi connectivity index (χ2v) is 16.0. The molecule has 0 spiro atoms. The first kappa shape index (κ1) is 34.6. The fourth-order valence-corrected chi connectivity index (χ4v) is 9.44. The molecule has 0 fully saturated rings. The molecule has 58 heavy (non-hydrogen) atoms. The zero-order valence-electron chi connectivity index (χ0n) is 32.4. The smallest absolute Gasteiger partial charge is 0.126 e. The fourth-order valence-electron chi connectivity index (χ4n) is 9.44. The van der Waals surface area contributed by atoms with Gasteiger partial charge in [-0.2, -0.15) is 0 Å². The number of pyridine rings is 1. The van der Waals surface area contributed by atoms with Crippen LogP contribution >= 0.6 is 0 Å². The molecule has 3 atom stereocenters. The first-order valence-electron chi connectivity index (χ1n) is 20.7. The third-order valence-electron chi connectivity index (χ3n) is 12.4. The molecule has 1 aromatic heterocycles. The van der Waals surface area contributed by atoms with Crippen molar-refractivity contribution >= 4 is 33.5 Å². The standard InChI is InChI=1S/C54H43N4/c1-3-13-35(14-4-1)52-56-53(36-15-5-2-6-16-36)58-54(57-52)46-30-44(29-45(31-46)50-32-41-18-9-10-20-47(41)48-21-11-12-22-49(48)50)40-24-23-39-28-42(26-25-38(39)27-40)51-33-37-17-7-8-19-43(37)34-55-51/h1-11,13-21,25-26,28-34,40,52,54H,12,22-24,27H2,(H,56,58)/q-1. The average Bonchev–Trinajstić information content (AvgIpc) is 3.31. The summed E-state index contributed by atoms with van der Waals surface area (Å²) in [7, 11) is 0. The number of hydrogen-bond acceptors (Lipinski definition) is 3. The maximum absolute atomic E-state index is 5.43. The average molecular weight is 748 g/mol. The Hall–Kier alpha value is -6.62. The Morgan fingerprint density at radius 1 is 0.586 bits per heavy atom. The fraction of sp³-hybridized carbons (Fsp3) is 0.148. The molecule has 2 heterocycles. The molecule has 8 aromatic rings. The number of nitrogens with zero attached hydrogens (tertiary/aromatic N) is 3. The van der Waals surface area contributed by atoms with Crippen LogP contribution in [-0.2, 0) is 19.3 Å². The van der Waals surface area contributed by atoms with E-state index in [0.717, 1.165) is 60.3 Å². The Bertz CT molecular complexity index is 2890. The number of allylic oxidation sites excluding steroid dienone is 1. The molecule has 0 amide bonds. The van der Waals surface area contributed by atoms with Gasteiger partial charge in [-0.3, -0.25) is 9.98 Å². The van der Waals surface area contributed by atoms with Crippen molar-refractivity contribution in [1.82, 2.24) is 10.3 Å². The highest BCUT2D eigenvalue weighted by molar-refractivity contribution is 6.00. The molecule has 0 bridgehead atoms. The lowest BCUT2D eigenvalue weighted by Gasteiger charge is -2.44. The van der Waals surface area contributed by atoms with Crippen LogP contribution in [-0.4, -0.2) is 10.8 Å². The number of aryl methyl sites for hydroxylation is 1. The van der Waals surface area contributed by atoms with Crippen molar-refractivity contribution < 1.29 is 0 Å². The van der Waals surface area contributed by atoms with E-state index in [0.29, 0.717) is 5.92 Å². The summed E-state index contributed by atoms with van der Waals surface area (Å²) in [6, 6.07) is 57.3. The summed E-state index contributed by atoms with van der Waals surface area (Å²) in [6.07, 6.45) is 11.3. The summed E-state index contributed by atoms with van der Waals surface area (Å²) in [4.78, 5) is 10.2. The van der Waals surface area contributed by atoms with E-state index in [4.69, 9.17) is 15.3 Å². The minimum Gasteiger partial charge on any atom is -0.613 e. The van der Waals surface area contributed by atoms with Crippen molar-refractivity contribution in [3.63, 3.8) is 0 Å². The minimum absolute atomic E-state index is 0.225. The van der Waals surface area contributed by atoms with Crippen LogP contribution in [0.2, 0.25) is 0 Å². The molecular formula is C54H43N4-. The molecule has 0 saturated heterocycles. The predicted octanol–water partition coefficient (Wildman–Crippen LogP) is 13.1. The second kappa shape index (κ2) is 14.7. The van der Waals surface area contributed by atoms with E-state index in [9.17, 15) is 0 Å². The van der Waals surface area contributed by atoms with Gasteiger partial charge in [-0.05, 0) is 135 Å². The minimum atomic E-state index is -0.371. The third-order valence-corrected chi connectivity index (χ3v) is 12.4. The lowest BCUT2D eigenvalue weighted by Crippen LogP contribution is -2.34. The Morgan fingerprint density at radius 3 is 2.24 bits per heavy atom. The van der Waals surface area contributed by atoms with Gasteiger partial charge >= 0.3 is 0 Å². The number of nitrogens with one attached hydrogen (secondary N) is 1. The summed E-state index contributed by atoms with van der Waals surface area (Å²) in [5.74, 6) is 1.24. The normalized spacial score (nSPS) is 18.6. The van der Waals surface area contributed by atoms with Crippen molar-refractivity contribution in [2.24, 2.45) is 4.99 Å². The van der Waals surface area contributed by atoms with Crippen molar-refractivity contribution in [2.45, 2.75) is 50.4 Å². The van der Waals surface area contributed by atoms with Crippen LogP contribution in [0.15, 0.2) is 175 Å². The molecule has 4 heteroatoms. The molecular weight excluding hydrogens is 705 g/mol. The Labute approximate surface area is 340 Å². The van der Waals surface area contributed by atoms with E-state index >= 15 is 0 Å². The predicted molar refractivity (Wildman–Crippen MR) is 240 cm³/mol. The molecule has 1 aliphatic heterocycles. The number of hydrogen-bond donors (Lipinski definition) is 1. The van der Waals surface area contributed by atoms with Crippen LogP contribution in [0, 0.1) is 0 Å². The van der Waals surface area contributed by atoms with Gasteiger partial charge in [0.15, 0.2) is 0 Å². The van der Waals surface area contributed by atoms with Gasteiger partial charge in [-0.15, -0.1) is 0 Å². The van der Waals surface area contributed by atoms with E-state index in [1.807, 2.05) is 6.20 Å². The van der Waals surface area contributed by atoms with Crippen LogP contribution in [0.3, 0.4) is 0 Å². The molecule has 0 saturated carbocycles. The van der Waals surface area contributed by atoms with Gasteiger partial charge < -0.3 is 10.6 Å². The zero-order valence-corrected chi connectivity index (χ0v) is 32.4.